The van der Waals surface area contributed by atoms with Crippen LogP contribution >= 0.6 is 23.1 Å². The quantitative estimate of drug-likeness (QED) is 0.0140. The van der Waals surface area contributed by atoms with E-state index in [9.17, 15) is 72.9 Å². The molecule has 134 heavy (non-hydrogen) atoms. The Hall–Kier alpha value is -13.6. The summed E-state index contributed by atoms with van der Waals surface area (Å²) in [5.41, 5.74) is 29.9. The number of amides is 19. The lowest BCUT2D eigenvalue weighted by Crippen LogP contribution is -2.62. The number of unbranched alkanes of at least 4 members (excludes halogenated alkanes) is 2. The van der Waals surface area contributed by atoms with E-state index < -0.39 is 266 Å². The van der Waals surface area contributed by atoms with E-state index >= 15 is 33.6 Å². The second-order valence-corrected chi connectivity index (χ2v) is 35.2. The number of thiophene rings is 1. The number of nitrogens with zero attached hydrogens (tertiary/aromatic N) is 5. The molecule has 728 valence electrons. The summed E-state index contributed by atoms with van der Waals surface area (Å²) in [4.78, 5) is 282. The third-order valence-electron chi connectivity index (χ3n) is 23.3. The van der Waals surface area contributed by atoms with Gasteiger partial charge in [-0.1, -0.05) is 88.1 Å². The Balaban J connectivity index is 1.20. The largest absolute Gasteiger partial charge is 0.508 e. The summed E-state index contributed by atoms with van der Waals surface area (Å²) >= 11 is 2.05. The van der Waals surface area contributed by atoms with Gasteiger partial charge in [-0.15, -0.1) is 23.1 Å². The molecular weight excluding hydrogens is 1780 g/mol. The summed E-state index contributed by atoms with van der Waals surface area (Å²) < 4.78 is 0.783. The molecule has 2 aromatic heterocycles. The highest BCUT2D eigenvalue weighted by Crippen LogP contribution is 2.30. The number of hydrogen-bond donors (Lipinski definition) is 21. The van der Waals surface area contributed by atoms with Crippen molar-refractivity contribution in [2.45, 2.75) is 221 Å². The number of H-pyrrole nitrogens is 1. The number of carbonyl (C=O) groups excluding carboxylic acids is 19. The summed E-state index contributed by atoms with van der Waals surface area (Å²) in [5, 5.41) is 71.3. The number of hydrogen-bond acceptors (Lipinski definition) is 25. The predicted octanol–water partition coefficient (Wildman–Crippen LogP) is -5.46. The van der Waals surface area contributed by atoms with Gasteiger partial charge in [0, 0.05) is 94.0 Å². The molecule has 0 aliphatic carbocycles. The van der Waals surface area contributed by atoms with Gasteiger partial charge in [-0.3, -0.25) is 96.5 Å². The number of guanidine groups is 1. The molecule has 3 aliphatic rings. The molecule has 3 aromatic carbocycles. The minimum atomic E-state index is -2.06. The van der Waals surface area contributed by atoms with E-state index in [4.69, 9.17) is 34.1 Å². The minimum absolute atomic E-state index is 0.0188. The highest BCUT2D eigenvalue weighted by atomic mass is 32.2. The Bertz CT molecular complexity index is 5130. The lowest BCUT2D eigenvalue weighted by Gasteiger charge is -2.36. The lowest BCUT2D eigenvalue weighted by atomic mass is 10.00. The van der Waals surface area contributed by atoms with Crippen molar-refractivity contribution in [2.24, 2.45) is 28.7 Å². The summed E-state index contributed by atoms with van der Waals surface area (Å²) in [6.07, 6.45) is -3.26. The first-order chi connectivity index (χ1) is 63.6. The maximum absolute atomic E-state index is 15.7. The van der Waals surface area contributed by atoms with Gasteiger partial charge in [-0.25, -0.2) is 0 Å². The molecule has 3 saturated heterocycles. The van der Waals surface area contributed by atoms with Crippen LogP contribution in [0, 0.1) is 5.41 Å². The number of nitrogens with one attached hydrogen (secondary N) is 13. The average Bonchev–Trinajstić information content (AvgIpc) is 1.27. The number of primary amides is 4. The van der Waals surface area contributed by atoms with Gasteiger partial charge >= 0.3 is 0 Å². The van der Waals surface area contributed by atoms with Crippen molar-refractivity contribution in [3.8, 4) is 5.75 Å². The number of phenolic OH excluding ortho intramolecular Hbond substituents is 1. The van der Waals surface area contributed by atoms with Gasteiger partial charge in [0.2, 0.25) is 112 Å². The Morgan fingerprint density at radius 1 is 0.515 bits per heavy atom. The number of aromatic nitrogens is 1. The minimum Gasteiger partial charge on any atom is -0.508 e. The molecule has 0 spiro atoms. The topological polar surface area (TPSA) is 703 Å². The van der Waals surface area contributed by atoms with Crippen molar-refractivity contribution < 1.29 is 106 Å². The molecule has 0 saturated carbocycles. The highest BCUT2D eigenvalue weighted by molar-refractivity contribution is 8.00. The van der Waals surface area contributed by atoms with E-state index in [1.165, 1.54) is 69.9 Å². The number of aliphatic hydroxyl groups excluding tert-OH is 2. The van der Waals surface area contributed by atoms with Gasteiger partial charge < -0.3 is 132 Å². The number of aromatic hydroxyl groups is 1. The van der Waals surface area contributed by atoms with E-state index in [0.717, 1.165) is 41.0 Å². The summed E-state index contributed by atoms with van der Waals surface area (Å²) in [6.45, 7) is 2.04. The molecular formula is C87H121N23O22S2. The molecule has 8 rings (SSSR count). The molecule has 0 radical (unpaired) electrons. The number of carbonyl (C=O) groups is 19. The lowest BCUT2D eigenvalue weighted by molar-refractivity contribution is -0.149. The van der Waals surface area contributed by atoms with E-state index in [-0.39, 0.29) is 76.6 Å². The Morgan fingerprint density at radius 3 is 1.69 bits per heavy atom. The van der Waals surface area contributed by atoms with Crippen LogP contribution in [0.3, 0.4) is 0 Å². The molecule has 5 heterocycles. The van der Waals surface area contributed by atoms with Crippen molar-refractivity contribution in [1.29, 1.82) is 5.41 Å². The Kier molecular flexibility index (Phi) is 39.7. The van der Waals surface area contributed by atoms with Gasteiger partial charge in [0.05, 0.1) is 44.3 Å². The SMILES string of the molecule is CCCC[C@H]1C(=O)N(C)[C@@H](CCCC)C(=O)N[C@@H](CCCNC(=N)N)C(=O)N[C@H](C(=O)NCC(N)=O)CSCC(=O)N[C@@H](Cc2ccc(O)cc2)C(=O)N(C)[C@@H](C)C(=O)N[C@H](CC(N)=O)C(=O)N2CCC[C@H]2C(=O)N[C@@H](CC(N)=O)C(=O)N[C@@H](CC(N)=O)C(=O)N2C[C@H](O)C[C@H]2C(=O)N[C@@H](Cc2c[nH]c3ccccc23)C(=O)N[C@@H](CO)C(=O)N[C@@H](Cc2csc3ccccc23)C(=O)N1C. The molecule has 3 aliphatic heterocycles. The van der Waals surface area contributed by atoms with Gasteiger partial charge in [0.15, 0.2) is 5.96 Å². The number of rotatable bonds is 26. The van der Waals surface area contributed by atoms with Crippen molar-refractivity contribution in [3.05, 3.63) is 101 Å². The second-order valence-electron chi connectivity index (χ2n) is 33.3. The molecule has 0 bridgehead atoms. The maximum atomic E-state index is 15.7. The summed E-state index contributed by atoms with van der Waals surface area (Å²) in [7, 11) is 3.81. The van der Waals surface area contributed by atoms with Crippen molar-refractivity contribution in [3.63, 3.8) is 0 Å². The predicted molar refractivity (Wildman–Crippen MR) is 489 cm³/mol. The number of phenols is 1. The fraction of sp³-hybridized carbons (Fsp3) is 0.517. The number of para-hydroxylation sites is 1. The molecule has 19 amide bonds. The molecule has 0 unspecified atom stereocenters. The van der Waals surface area contributed by atoms with Gasteiger partial charge in [0.1, 0.15) is 90.3 Å². The summed E-state index contributed by atoms with van der Waals surface area (Å²) in [6, 6.07) is -4.32. The monoisotopic (exact) mass is 1900 g/mol. The van der Waals surface area contributed by atoms with Crippen LogP contribution in [0.4, 0.5) is 0 Å². The number of aromatic amines is 1. The smallest absolute Gasteiger partial charge is 0.246 e. The zero-order valence-corrected chi connectivity index (χ0v) is 76.9. The maximum Gasteiger partial charge on any atom is 0.246 e. The number of benzene rings is 3. The number of thioether (sulfide) groups is 1. The van der Waals surface area contributed by atoms with Crippen LogP contribution in [0.2, 0.25) is 0 Å². The van der Waals surface area contributed by atoms with Crippen LogP contribution in [-0.4, -0.2) is 319 Å². The molecule has 3 fully saturated rings. The number of likely N-dealkylation sites (N-methyl/N-ethyl adjacent to an activating group) is 3. The van der Waals surface area contributed by atoms with Crippen LogP contribution in [0.25, 0.3) is 21.0 Å². The fourth-order valence-electron chi connectivity index (χ4n) is 16.0. The standard InChI is InChI=1S/C87H121N23O22S2/c1-7-9-21-63-79(125)98-54(20-15-29-94-87(92)93)75(121)105-62(74(120)96-39-71(91)117)43-133-44-72(118)97-57(31-46-25-27-49(112)28-26-46)82(128)106(4)45(3)73(119)101-59(36-69(89)115)84(130)109-30-16-23-64(109)80(126)100-56(35-68(88)114)77(123)103-60(37-70(90)116)85(131)110-40-50(113)34-66(110)81(127)99-55(32-47-38-95-53-19-13-11-17-51(47)53)76(122)104-61(41-111)78(124)102-58(33-48-42-134-67-24-14-12-18-52(48)67)83(129)108(6)65(22-10-8-2)86(132)107(63)5/h11-14,17-19,24-28,38,42,45,50,54-66,95,111-113H,7-10,15-16,20-23,29-37,39-41,43-44H2,1-6H3,(H2,88,114)(H2,89,115)(H2,90,116)(H2,91,117)(H,96,120)(H,97,118)(H,98,125)(H,99,127)(H,100,126)(H,101,119)(H,102,124)(H,103,123)(H,104,122)(H,105,121)(H4,92,93,94)/t45-,50+,54-,55-,56-,57-,58-,59+,60-,61-,62-,63-,64-,65-,66-/m0/s1. The van der Waals surface area contributed by atoms with E-state index in [1.54, 1.807) is 47.8 Å². The number of nitrogens with two attached hydrogens (primary N) is 5. The number of aliphatic hydroxyl groups is 2. The van der Waals surface area contributed by atoms with E-state index in [0.29, 0.717) is 58.7 Å². The van der Waals surface area contributed by atoms with Gasteiger partial charge in [-0.2, -0.15) is 0 Å². The van der Waals surface area contributed by atoms with E-state index in [1.807, 2.05) is 19.9 Å². The first kappa shape index (κ1) is 106. The second kappa shape index (κ2) is 50.3. The van der Waals surface area contributed by atoms with Gasteiger partial charge in [0.25, 0.3) is 0 Å². The zero-order valence-electron chi connectivity index (χ0n) is 75.3. The van der Waals surface area contributed by atoms with Crippen molar-refractivity contribution in [1.82, 2.24) is 88.0 Å². The van der Waals surface area contributed by atoms with Crippen LogP contribution < -0.4 is 87.2 Å². The molecule has 26 N–H and O–H groups in total. The number of fused-ring (bicyclic) bond motifs is 4. The summed E-state index contributed by atoms with van der Waals surface area (Å²) in [5.74, 6) is -22.0. The molecule has 15 atom stereocenters. The van der Waals surface area contributed by atoms with Crippen LogP contribution in [-0.2, 0) is 110 Å². The van der Waals surface area contributed by atoms with Crippen LogP contribution in [0.5, 0.6) is 5.75 Å². The molecule has 45 nitrogen and oxygen atoms in total. The highest BCUT2D eigenvalue weighted by Gasteiger charge is 2.47. The first-order valence-corrected chi connectivity index (χ1v) is 45.9. The zero-order chi connectivity index (χ0) is 98.5. The normalized spacial score (nSPS) is 24.7. The third kappa shape index (κ3) is 29.7. The molecule has 47 heteroatoms. The molecule has 5 aromatic rings. The van der Waals surface area contributed by atoms with E-state index in [2.05, 4.69) is 63.5 Å². The third-order valence-corrected chi connectivity index (χ3v) is 25.4. The Labute approximate surface area is 779 Å². The van der Waals surface area contributed by atoms with Crippen molar-refractivity contribution in [2.75, 3.05) is 65.4 Å². The van der Waals surface area contributed by atoms with Gasteiger partial charge in [-0.05, 0) is 97.2 Å². The van der Waals surface area contributed by atoms with Crippen LogP contribution in [0.15, 0.2) is 84.4 Å². The van der Waals surface area contributed by atoms with Crippen molar-refractivity contribution >= 4 is 162 Å². The Morgan fingerprint density at radius 2 is 1.04 bits per heavy atom. The van der Waals surface area contributed by atoms with Crippen LogP contribution in [0.1, 0.15) is 127 Å². The fourth-order valence-corrected chi connectivity index (χ4v) is 17.8. The average molecular weight is 1910 g/mol. The first-order valence-electron chi connectivity index (χ1n) is 43.9.